The van der Waals surface area contributed by atoms with E-state index in [-0.39, 0.29) is 45.9 Å². The SMILES string of the molecule is CCN=C1CN(c2ncccc2C(=O)O)C2C[C@]12c1ccc([C@]23CC2N(c2ncccc2C(=O)O)CC3=NCC)c(C(C)C)c1C(C)C. The Bertz CT molecular complexity index is 1750. The summed E-state index contributed by atoms with van der Waals surface area (Å²) < 4.78 is 0. The molecule has 2 saturated heterocycles. The van der Waals surface area contributed by atoms with Crippen LogP contribution in [0.1, 0.15) is 109 Å². The lowest BCUT2D eigenvalue weighted by Gasteiger charge is -2.30. The first-order valence-electron chi connectivity index (χ1n) is 17.2. The van der Waals surface area contributed by atoms with Crippen LogP contribution < -0.4 is 9.80 Å². The molecule has 4 aliphatic rings. The van der Waals surface area contributed by atoms with Crippen LogP contribution in [0.4, 0.5) is 11.6 Å². The van der Waals surface area contributed by atoms with Crippen molar-refractivity contribution < 1.29 is 19.8 Å². The second kappa shape index (κ2) is 11.5. The third kappa shape index (κ3) is 4.51. The first-order chi connectivity index (χ1) is 23.0. The fraction of sp³-hybridized carbons (Fsp3) is 0.474. The number of pyridine rings is 2. The Kier molecular flexibility index (Phi) is 7.68. The molecule has 2 aromatic heterocycles. The Morgan fingerprint density at radius 3 is 1.48 bits per heavy atom. The number of aliphatic imine (C=N–C) groups is 2. The number of nitrogens with zero attached hydrogens (tertiary/aromatic N) is 6. The average Bonchev–Trinajstić information content (AvgIpc) is 3.95. The highest BCUT2D eigenvalue weighted by Crippen LogP contribution is 2.63. The van der Waals surface area contributed by atoms with E-state index < -0.39 is 11.9 Å². The molecule has 2 N–H and O–H groups in total. The summed E-state index contributed by atoms with van der Waals surface area (Å²) in [4.78, 5) is 48.0. The fourth-order valence-electron chi connectivity index (χ4n) is 9.03. The minimum absolute atomic E-state index is 0.0729. The van der Waals surface area contributed by atoms with Gasteiger partial charge in [-0.05, 0) is 85.0 Å². The van der Waals surface area contributed by atoms with Crippen LogP contribution in [-0.2, 0) is 10.8 Å². The number of rotatable bonds is 10. The molecule has 10 heteroatoms. The molecule has 4 heterocycles. The standard InChI is InChI=1S/C38H44N6O4/c1-7-39-27-19-43(33-23(35(45)46)11-9-15-41-33)29-17-37(27,29)25-13-14-26(32(22(5)6)31(25)21(3)4)38-18-30(38)44(20-28(38)40-8-2)34-24(36(47)48)12-10-16-42-34/h9-16,21-22,29-30H,7-8,17-20H2,1-6H3,(H,45,46)(H,47,48)/t29?,30?,37-,38-/m0/s1. The van der Waals surface area contributed by atoms with E-state index >= 15 is 0 Å². The monoisotopic (exact) mass is 648 g/mol. The topological polar surface area (TPSA) is 132 Å². The normalized spacial score (nSPS) is 27.2. The van der Waals surface area contributed by atoms with Crippen LogP contribution in [0.5, 0.6) is 0 Å². The van der Waals surface area contributed by atoms with Gasteiger partial charge in [0.1, 0.15) is 22.8 Å². The minimum atomic E-state index is -0.978. The Labute approximate surface area is 281 Å². The van der Waals surface area contributed by atoms with Gasteiger partial charge >= 0.3 is 11.9 Å². The summed E-state index contributed by atoms with van der Waals surface area (Å²) in [5.41, 5.74) is 7.26. The Balaban J connectivity index is 1.37. The maximum absolute atomic E-state index is 12.2. The molecule has 2 aliphatic heterocycles. The van der Waals surface area contributed by atoms with Crippen molar-refractivity contribution in [2.75, 3.05) is 36.0 Å². The molecule has 0 amide bonds. The van der Waals surface area contributed by atoms with E-state index in [1.165, 1.54) is 22.3 Å². The van der Waals surface area contributed by atoms with Crippen molar-refractivity contribution in [1.82, 2.24) is 9.97 Å². The molecule has 2 aliphatic carbocycles. The number of benzene rings is 1. The van der Waals surface area contributed by atoms with E-state index in [0.29, 0.717) is 37.8 Å². The van der Waals surface area contributed by atoms with Gasteiger partial charge in [-0.2, -0.15) is 0 Å². The van der Waals surface area contributed by atoms with Gasteiger partial charge in [0.15, 0.2) is 0 Å². The summed E-state index contributed by atoms with van der Waals surface area (Å²) in [6.45, 7) is 15.6. The molecular formula is C38H44N6O4. The Hall–Kier alpha value is -4.60. The Morgan fingerprint density at radius 1 is 0.750 bits per heavy atom. The number of carboxylic acids is 2. The van der Waals surface area contributed by atoms with E-state index in [1.807, 2.05) is 0 Å². The van der Waals surface area contributed by atoms with Gasteiger partial charge in [0.05, 0.1) is 23.9 Å². The summed E-state index contributed by atoms with van der Waals surface area (Å²) in [5, 5.41) is 20.0. The second-order valence-corrected chi connectivity index (χ2v) is 14.1. The number of aromatic carboxylic acids is 2. The third-order valence-electron chi connectivity index (χ3n) is 11.0. The van der Waals surface area contributed by atoms with Crippen LogP contribution in [0.25, 0.3) is 0 Å². The van der Waals surface area contributed by atoms with E-state index in [4.69, 9.17) is 9.98 Å². The molecule has 4 atom stereocenters. The molecule has 0 spiro atoms. The lowest BCUT2D eigenvalue weighted by molar-refractivity contribution is 0.0686. The van der Waals surface area contributed by atoms with Gasteiger partial charge in [0, 0.05) is 49.0 Å². The van der Waals surface area contributed by atoms with Crippen molar-refractivity contribution in [3.63, 3.8) is 0 Å². The minimum Gasteiger partial charge on any atom is -0.478 e. The van der Waals surface area contributed by atoms with Crippen LogP contribution in [-0.4, -0.2) is 81.8 Å². The Morgan fingerprint density at radius 2 is 1.15 bits per heavy atom. The first kappa shape index (κ1) is 32.0. The largest absolute Gasteiger partial charge is 0.478 e. The van der Waals surface area contributed by atoms with E-state index in [2.05, 4.69) is 73.4 Å². The van der Waals surface area contributed by atoms with Crippen molar-refractivity contribution >= 4 is 35.0 Å². The van der Waals surface area contributed by atoms with Crippen LogP contribution in [0, 0.1) is 0 Å². The third-order valence-corrected chi connectivity index (χ3v) is 11.0. The van der Waals surface area contributed by atoms with Crippen molar-refractivity contribution in [3.05, 3.63) is 82.2 Å². The van der Waals surface area contributed by atoms with Crippen LogP contribution in [0.2, 0.25) is 0 Å². The summed E-state index contributed by atoms with van der Waals surface area (Å²) in [6, 6.07) is 11.4. The molecule has 3 aromatic rings. The van der Waals surface area contributed by atoms with Gasteiger partial charge in [0.25, 0.3) is 0 Å². The molecule has 7 rings (SSSR count). The molecule has 0 radical (unpaired) electrons. The van der Waals surface area contributed by atoms with E-state index in [9.17, 15) is 19.8 Å². The molecule has 1 aromatic carbocycles. The van der Waals surface area contributed by atoms with Gasteiger partial charge in [-0.3, -0.25) is 9.98 Å². The molecule has 250 valence electrons. The van der Waals surface area contributed by atoms with Crippen molar-refractivity contribution in [2.24, 2.45) is 9.98 Å². The summed E-state index contributed by atoms with van der Waals surface area (Å²) in [5.74, 6) is -0.496. The summed E-state index contributed by atoms with van der Waals surface area (Å²) >= 11 is 0. The van der Waals surface area contributed by atoms with Gasteiger partial charge in [-0.25, -0.2) is 19.6 Å². The first-order valence-corrected chi connectivity index (χ1v) is 17.2. The van der Waals surface area contributed by atoms with Crippen molar-refractivity contribution in [2.45, 2.75) is 89.1 Å². The summed E-state index contributed by atoms with van der Waals surface area (Å²) in [6.07, 6.45) is 5.06. The molecule has 2 saturated carbocycles. The van der Waals surface area contributed by atoms with Crippen LogP contribution in [0.3, 0.4) is 0 Å². The quantitative estimate of drug-likeness (QED) is 0.270. The molecular weight excluding hydrogens is 604 g/mol. The lowest BCUT2D eigenvalue weighted by Crippen LogP contribution is -2.29. The van der Waals surface area contributed by atoms with Gasteiger partial charge in [-0.1, -0.05) is 39.8 Å². The zero-order valence-electron chi connectivity index (χ0n) is 28.6. The number of hydrogen-bond donors (Lipinski definition) is 2. The highest BCUT2D eigenvalue weighted by atomic mass is 16.4. The highest BCUT2D eigenvalue weighted by molar-refractivity contribution is 6.10. The zero-order valence-corrected chi connectivity index (χ0v) is 28.6. The predicted molar refractivity (Wildman–Crippen MR) is 188 cm³/mol. The number of aromatic nitrogens is 2. The number of piperidine rings is 2. The highest BCUT2D eigenvalue weighted by Gasteiger charge is 2.70. The number of carbonyl (C=O) groups is 2. The number of carboxylic acid groups (broad SMARTS) is 2. The fourth-order valence-corrected chi connectivity index (χ4v) is 9.03. The maximum atomic E-state index is 12.2. The predicted octanol–water partition coefficient (Wildman–Crippen LogP) is 6.10. The number of fused-ring (bicyclic) bond motifs is 2. The van der Waals surface area contributed by atoms with Gasteiger partial charge in [-0.15, -0.1) is 0 Å². The van der Waals surface area contributed by atoms with Crippen molar-refractivity contribution in [1.29, 1.82) is 0 Å². The van der Waals surface area contributed by atoms with Gasteiger partial charge in [0.2, 0.25) is 0 Å². The van der Waals surface area contributed by atoms with E-state index in [0.717, 1.165) is 24.3 Å². The number of anilines is 2. The van der Waals surface area contributed by atoms with E-state index in [1.54, 1.807) is 36.7 Å². The second-order valence-electron chi connectivity index (χ2n) is 14.1. The molecule has 10 nitrogen and oxygen atoms in total. The molecule has 2 unspecified atom stereocenters. The molecule has 48 heavy (non-hydrogen) atoms. The number of hydrogen-bond acceptors (Lipinski definition) is 8. The van der Waals surface area contributed by atoms with Crippen molar-refractivity contribution in [3.8, 4) is 0 Å². The van der Waals surface area contributed by atoms with Crippen LogP contribution in [0.15, 0.2) is 58.8 Å². The smallest absolute Gasteiger partial charge is 0.339 e. The lowest BCUT2D eigenvalue weighted by atomic mass is 9.74. The molecule has 0 bridgehead atoms. The van der Waals surface area contributed by atoms with Gasteiger partial charge < -0.3 is 20.0 Å². The average molecular weight is 649 g/mol. The molecule has 4 fully saturated rings. The maximum Gasteiger partial charge on any atom is 0.339 e. The zero-order chi connectivity index (χ0) is 34.1. The van der Waals surface area contributed by atoms with Crippen LogP contribution >= 0.6 is 0 Å². The summed E-state index contributed by atoms with van der Waals surface area (Å²) in [7, 11) is 0.